The zero-order valence-corrected chi connectivity index (χ0v) is 16.5. The van der Waals surface area contributed by atoms with Crippen LogP contribution in [0.1, 0.15) is 38.6 Å². The number of rotatable bonds is 4. The van der Waals surface area contributed by atoms with Crippen molar-refractivity contribution in [2.45, 2.75) is 34.2 Å². The zero-order valence-electron chi connectivity index (χ0n) is 16.5. The molecule has 0 atom stereocenters. The summed E-state index contributed by atoms with van der Waals surface area (Å²) in [5, 5.41) is 8.59. The average molecular weight is 373 g/mol. The molecule has 2 aromatic heterocycles. The number of nitrogens with zero attached hydrogens (tertiary/aromatic N) is 2. The molecule has 2 aromatic carbocycles. The highest BCUT2D eigenvalue weighted by Gasteiger charge is 2.21. The lowest BCUT2D eigenvalue weighted by molar-refractivity contribution is 0.0997. The fourth-order valence-corrected chi connectivity index (χ4v) is 3.54. The Kier molecular flexibility index (Phi) is 4.51. The van der Waals surface area contributed by atoms with Gasteiger partial charge in [0.25, 0.3) is 5.91 Å². The first-order valence-corrected chi connectivity index (χ1v) is 9.33. The Morgan fingerprint density at radius 3 is 2.50 bits per heavy atom. The summed E-state index contributed by atoms with van der Waals surface area (Å²) in [5.41, 5.74) is 6.43. The molecule has 4 rings (SSSR count). The van der Waals surface area contributed by atoms with E-state index in [0.717, 1.165) is 28.0 Å². The highest BCUT2D eigenvalue weighted by Crippen LogP contribution is 2.27. The summed E-state index contributed by atoms with van der Waals surface area (Å²) < 4.78 is 7.72. The minimum absolute atomic E-state index is 0.254. The Bertz CT molecular complexity index is 1180. The van der Waals surface area contributed by atoms with E-state index in [4.69, 9.17) is 4.42 Å². The molecule has 142 valence electrons. The second-order valence-corrected chi connectivity index (χ2v) is 7.14. The molecule has 2 heterocycles. The zero-order chi connectivity index (χ0) is 19.8. The SMILES string of the molecule is Cc1ccccc1Cn1nc(C)c(NC(=O)c2oc3ccccc3c2C)c1C. The maximum Gasteiger partial charge on any atom is 0.291 e. The molecule has 0 bridgehead atoms. The number of carbonyl (C=O) groups is 1. The minimum atomic E-state index is -0.254. The highest BCUT2D eigenvalue weighted by atomic mass is 16.3. The van der Waals surface area contributed by atoms with E-state index in [0.29, 0.717) is 17.9 Å². The summed E-state index contributed by atoms with van der Waals surface area (Å²) >= 11 is 0. The van der Waals surface area contributed by atoms with Crippen LogP contribution in [0.2, 0.25) is 0 Å². The summed E-state index contributed by atoms with van der Waals surface area (Å²) in [5.74, 6) is 0.0852. The predicted molar refractivity (Wildman–Crippen MR) is 111 cm³/mol. The fraction of sp³-hybridized carbons (Fsp3) is 0.217. The van der Waals surface area contributed by atoms with Gasteiger partial charge in [0.2, 0.25) is 0 Å². The fourth-order valence-electron chi connectivity index (χ4n) is 3.54. The van der Waals surface area contributed by atoms with Gasteiger partial charge in [-0.05, 0) is 44.9 Å². The number of nitrogens with one attached hydrogen (secondary N) is 1. The third kappa shape index (κ3) is 3.09. The molecule has 0 unspecified atom stereocenters. The molecule has 0 fully saturated rings. The average Bonchev–Trinajstić information content (AvgIpc) is 3.15. The number of aromatic nitrogens is 2. The molecule has 1 amide bonds. The van der Waals surface area contributed by atoms with E-state index in [2.05, 4.69) is 29.5 Å². The summed E-state index contributed by atoms with van der Waals surface area (Å²) in [6, 6.07) is 15.9. The van der Waals surface area contributed by atoms with Crippen molar-refractivity contribution < 1.29 is 9.21 Å². The molecule has 1 N–H and O–H groups in total. The second-order valence-electron chi connectivity index (χ2n) is 7.14. The first kappa shape index (κ1) is 18.0. The number of anilines is 1. The van der Waals surface area contributed by atoms with E-state index in [-0.39, 0.29) is 5.91 Å². The number of aryl methyl sites for hydroxylation is 3. The molecule has 0 aliphatic rings. The van der Waals surface area contributed by atoms with E-state index >= 15 is 0 Å². The van der Waals surface area contributed by atoms with Gasteiger partial charge < -0.3 is 9.73 Å². The van der Waals surface area contributed by atoms with Crippen LogP contribution < -0.4 is 5.32 Å². The van der Waals surface area contributed by atoms with E-state index in [9.17, 15) is 4.79 Å². The molecule has 0 saturated heterocycles. The number of para-hydroxylation sites is 1. The lowest BCUT2D eigenvalue weighted by atomic mass is 10.1. The Morgan fingerprint density at radius 1 is 1.04 bits per heavy atom. The molecular formula is C23H23N3O2. The van der Waals surface area contributed by atoms with Crippen molar-refractivity contribution in [2.24, 2.45) is 0 Å². The Hall–Kier alpha value is -3.34. The molecule has 5 heteroatoms. The van der Waals surface area contributed by atoms with E-state index in [1.165, 1.54) is 11.1 Å². The first-order chi connectivity index (χ1) is 13.5. The van der Waals surface area contributed by atoms with Crippen molar-refractivity contribution in [3.63, 3.8) is 0 Å². The smallest absolute Gasteiger partial charge is 0.291 e. The van der Waals surface area contributed by atoms with Gasteiger partial charge in [-0.15, -0.1) is 0 Å². The minimum Gasteiger partial charge on any atom is -0.451 e. The summed E-state index contributed by atoms with van der Waals surface area (Å²) in [6.07, 6.45) is 0. The lowest BCUT2D eigenvalue weighted by Gasteiger charge is -2.09. The molecule has 0 spiro atoms. The number of hydrogen-bond donors (Lipinski definition) is 1. The number of furan rings is 1. The van der Waals surface area contributed by atoms with Crippen LogP contribution in [-0.2, 0) is 6.54 Å². The van der Waals surface area contributed by atoms with Crippen molar-refractivity contribution in [3.8, 4) is 0 Å². The van der Waals surface area contributed by atoms with Crippen molar-refractivity contribution in [3.05, 3.63) is 82.4 Å². The van der Waals surface area contributed by atoms with Crippen molar-refractivity contribution in [1.29, 1.82) is 0 Å². The molecule has 0 saturated carbocycles. The van der Waals surface area contributed by atoms with Gasteiger partial charge in [0.05, 0.1) is 23.6 Å². The monoisotopic (exact) mass is 373 g/mol. The third-order valence-corrected chi connectivity index (χ3v) is 5.25. The number of hydrogen-bond acceptors (Lipinski definition) is 3. The number of benzene rings is 2. The topological polar surface area (TPSA) is 60.1 Å². The Labute approximate surface area is 164 Å². The van der Waals surface area contributed by atoms with E-state index < -0.39 is 0 Å². The van der Waals surface area contributed by atoms with Crippen LogP contribution in [0.4, 0.5) is 5.69 Å². The summed E-state index contributed by atoms with van der Waals surface area (Å²) in [7, 11) is 0. The quantitative estimate of drug-likeness (QED) is 0.537. The second kappa shape index (κ2) is 7.00. The van der Waals surface area contributed by atoms with Crippen LogP contribution in [0.15, 0.2) is 52.9 Å². The normalized spacial score (nSPS) is 11.1. The van der Waals surface area contributed by atoms with Gasteiger partial charge in [0.1, 0.15) is 5.58 Å². The molecule has 28 heavy (non-hydrogen) atoms. The van der Waals surface area contributed by atoms with Crippen LogP contribution >= 0.6 is 0 Å². The molecule has 0 radical (unpaired) electrons. The Balaban J connectivity index is 1.63. The third-order valence-electron chi connectivity index (χ3n) is 5.25. The number of carbonyl (C=O) groups excluding carboxylic acids is 1. The van der Waals surface area contributed by atoms with Gasteiger partial charge in [-0.2, -0.15) is 5.10 Å². The van der Waals surface area contributed by atoms with Gasteiger partial charge in [-0.25, -0.2) is 0 Å². The van der Waals surface area contributed by atoms with Gasteiger partial charge in [0, 0.05) is 10.9 Å². The maximum absolute atomic E-state index is 12.9. The molecule has 0 aliphatic carbocycles. The molecular weight excluding hydrogens is 350 g/mol. The number of amides is 1. The standard InChI is InChI=1S/C23H23N3O2/c1-14-9-5-6-10-18(14)13-26-17(4)21(16(3)25-26)24-23(27)22-15(2)19-11-7-8-12-20(19)28-22/h5-12H,13H2,1-4H3,(H,24,27). The number of fused-ring (bicyclic) bond motifs is 1. The molecule has 4 aromatic rings. The van der Waals surface area contributed by atoms with E-state index in [1.54, 1.807) is 0 Å². The van der Waals surface area contributed by atoms with Crippen LogP contribution in [0, 0.1) is 27.7 Å². The largest absolute Gasteiger partial charge is 0.451 e. The van der Waals surface area contributed by atoms with Crippen molar-refractivity contribution in [1.82, 2.24) is 9.78 Å². The highest BCUT2D eigenvalue weighted by molar-refractivity contribution is 6.06. The van der Waals surface area contributed by atoms with Crippen LogP contribution in [0.3, 0.4) is 0 Å². The molecule has 5 nitrogen and oxygen atoms in total. The van der Waals surface area contributed by atoms with Crippen LogP contribution in [-0.4, -0.2) is 15.7 Å². The van der Waals surface area contributed by atoms with Gasteiger partial charge in [0.15, 0.2) is 5.76 Å². The van der Waals surface area contributed by atoms with Crippen LogP contribution in [0.25, 0.3) is 11.0 Å². The van der Waals surface area contributed by atoms with Crippen molar-refractivity contribution >= 4 is 22.6 Å². The summed E-state index contributed by atoms with van der Waals surface area (Å²) in [4.78, 5) is 12.9. The first-order valence-electron chi connectivity index (χ1n) is 9.33. The van der Waals surface area contributed by atoms with Crippen molar-refractivity contribution in [2.75, 3.05) is 5.32 Å². The summed E-state index contributed by atoms with van der Waals surface area (Å²) in [6.45, 7) is 8.54. The van der Waals surface area contributed by atoms with Gasteiger partial charge in [-0.1, -0.05) is 42.5 Å². The van der Waals surface area contributed by atoms with Gasteiger partial charge in [-0.3, -0.25) is 9.48 Å². The van der Waals surface area contributed by atoms with E-state index in [1.807, 2.05) is 61.9 Å². The maximum atomic E-state index is 12.9. The lowest BCUT2D eigenvalue weighted by Crippen LogP contribution is -2.13. The van der Waals surface area contributed by atoms with Crippen LogP contribution in [0.5, 0.6) is 0 Å². The predicted octanol–water partition coefficient (Wildman–Crippen LogP) is 5.16. The Morgan fingerprint density at radius 2 is 1.75 bits per heavy atom. The molecule has 0 aliphatic heterocycles. The van der Waals surface area contributed by atoms with Gasteiger partial charge >= 0.3 is 0 Å².